The Morgan fingerprint density at radius 3 is 2.48 bits per heavy atom. The summed E-state index contributed by atoms with van der Waals surface area (Å²) in [6, 6.07) is 9.68. The number of hydrogen-bond donors (Lipinski definition) is 1. The third-order valence-corrected chi connectivity index (χ3v) is 5.26. The molecule has 1 fully saturated rings. The second kappa shape index (κ2) is 8.72. The largest absolute Gasteiger partial charge is 0.464 e. The molecule has 8 nitrogen and oxygen atoms in total. The normalized spacial score (nSPS) is 16.5. The molecule has 1 aliphatic heterocycles. The topological polar surface area (TPSA) is 111 Å². The van der Waals surface area contributed by atoms with Crippen LogP contribution in [0.2, 0.25) is 0 Å². The monoisotopic (exact) mass is 424 g/mol. The van der Waals surface area contributed by atoms with E-state index in [1.807, 2.05) is 51.1 Å². The number of rotatable bonds is 3. The summed E-state index contributed by atoms with van der Waals surface area (Å²) >= 11 is 0. The number of anilines is 1. The maximum Gasteiger partial charge on any atom is 0.410 e. The van der Waals surface area contributed by atoms with Gasteiger partial charge in [-0.25, -0.2) is 9.59 Å². The minimum Gasteiger partial charge on any atom is -0.464 e. The Morgan fingerprint density at radius 2 is 1.90 bits per heavy atom. The van der Waals surface area contributed by atoms with E-state index in [9.17, 15) is 14.9 Å². The first-order valence-electron chi connectivity index (χ1n) is 10.2. The number of carbonyl (C=O) groups excluding carboxylic acids is 2. The van der Waals surface area contributed by atoms with Gasteiger partial charge in [0.2, 0.25) is 0 Å². The minimum absolute atomic E-state index is 0.0960. The van der Waals surface area contributed by atoms with Crippen molar-refractivity contribution in [2.24, 2.45) is 0 Å². The molecule has 1 atom stereocenters. The van der Waals surface area contributed by atoms with Crippen LogP contribution < -0.4 is 5.73 Å². The molecule has 2 N–H and O–H groups in total. The van der Waals surface area contributed by atoms with E-state index in [1.165, 1.54) is 13.3 Å². The van der Waals surface area contributed by atoms with Gasteiger partial charge in [-0.2, -0.15) is 5.26 Å². The van der Waals surface area contributed by atoms with Gasteiger partial charge >= 0.3 is 12.1 Å². The lowest BCUT2D eigenvalue weighted by Crippen LogP contribution is -2.42. The Bertz CT molecular complexity index is 1010. The molecule has 1 aliphatic rings. The number of piperidine rings is 1. The number of likely N-dealkylation sites (tertiary alicyclic amines) is 1. The van der Waals surface area contributed by atoms with Crippen molar-refractivity contribution in [3.63, 3.8) is 0 Å². The fourth-order valence-corrected chi connectivity index (χ4v) is 3.77. The third kappa shape index (κ3) is 4.82. The summed E-state index contributed by atoms with van der Waals surface area (Å²) in [6.45, 7) is 6.86. The number of ether oxygens (including phenoxy) is 2. The maximum atomic E-state index is 12.4. The number of nitriles is 1. The molecule has 1 aromatic carbocycles. The molecule has 2 aromatic rings. The van der Waals surface area contributed by atoms with Crippen molar-refractivity contribution in [1.82, 2.24) is 9.47 Å². The fourth-order valence-electron chi connectivity index (χ4n) is 3.77. The standard InChI is InChI=1S/C23H28N4O4/c1-23(2,3)31-22(29)26-11-5-6-16(13-26)15-7-9-18(10-8-15)27-14-17(12-24)19(25)20(27)21(28)30-4/h7-10,14,16H,5-6,11,13,25H2,1-4H3. The number of esters is 1. The van der Waals surface area contributed by atoms with Gasteiger partial charge in [-0.15, -0.1) is 0 Å². The van der Waals surface area contributed by atoms with Crippen molar-refractivity contribution in [1.29, 1.82) is 5.26 Å². The van der Waals surface area contributed by atoms with E-state index < -0.39 is 11.6 Å². The average Bonchev–Trinajstić information content (AvgIpc) is 3.08. The number of amides is 1. The second-order valence-corrected chi connectivity index (χ2v) is 8.64. The molecule has 8 heteroatoms. The van der Waals surface area contributed by atoms with Crippen molar-refractivity contribution in [3.8, 4) is 11.8 Å². The molecule has 0 saturated carbocycles. The highest BCUT2D eigenvalue weighted by Crippen LogP contribution is 2.30. The van der Waals surface area contributed by atoms with Crippen LogP contribution in [0.25, 0.3) is 5.69 Å². The Morgan fingerprint density at radius 1 is 1.23 bits per heavy atom. The maximum absolute atomic E-state index is 12.4. The van der Waals surface area contributed by atoms with Crippen LogP contribution in [0.4, 0.5) is 10.5 Å². The van der Waals surface area contributed by atoms with Crippen molar-refractivity contribution < 1.29 is 19.1 Å². The van der Waals surface area contributed by atoms with E-state index in [0.29, 0.717) is 18.8 Å². The number of benzene rings is 1. The van der Waals surface area contributed by atoms with Crippen LogP contribution in [0, 0.1) is 11.3 Å². The summed E-state index contributed by atoms with van der Waals surface area (Å²) in [4.78, 5) is 26.4. The zero-order valence-electron chi connectivity index (χ0n) is 18.3. The van der Waals surface area contributed by atoms with Gasteiger partial charge in [0.05, 0.1) is 18.4 Å². The van der Waals surface area contributed by atoms with Gasteiger partial charge in [-0.1, -0.05) is 12.1 Å². The van der Waals surface area contributed by atoms with Crippen molar-refractivity contribution >= 4 is 17.7 Å². The number of aromatic nitrogens is 1. The Kier molecular flexibility index (Phi) is 6.25. The van der Waals surface area contributed by atoms with Gasteiger partial charge in [-0.3, -0.25) is 0 Å². The van der Waals surface area contributed by atoms with E-state index in [2.05, 4.69) is 0 Å². The highest BCUT2D eigenvalue weighted by atomic mass is 16.6. The van der Waals surface area contributed by atoms with Gasteiger partial charge in [0.1, 0.15) is 11.7 Å². The molecule has 31 heavy (non-hydrogen) atoms. The van der Waals surface area contributed by atoms with Crippen LogP contribution in [0.15, 0.2) is 30.5 Å². The highest BCUT2D eigenvalue weighted by Gasteiger charge is 2.28. The number of carbonyl (C=O) groups is 2. The van der Waals surface area contributed by atoms with Crippen LogP contribution in [-0.4, -0.2) is 47.3 Å². The fraction of sp³-hybridized carbons (Fsp3) is 0.435. The number of nitrogen functional groups attached to an aromatic ring is 1. The van der Waals surface area contributed by atoms with Gasteiger partial charge in [-0.05, 0) is 51.3 Å². The van der Waals surface area contributed by atoms with Crippen molar-refractivity contribution in [2.45, 2.75) is 45.1 Å². The number of nitrogens with two attached hydrogens (primary N) is 1. The van der Waals surface area contributed by atoms with E-state index in [-0.39, 0.29) is 29.0 Å². The second-order valence-electron chi connectivity index (χ2n) is 8.64. The van der Waals surface area contributed by atoms with Crippen molar-refractivity contribution in [2.75, 3.05) is 25.9 Å². The molecular weight excluding hydrogens is 396 g/mol. The molecule has 0 radical (unpaired) electrons. The summed E-state index contributed by atoms with van der Waals surface area (Å²) < 4.78 is 11.9. The summed E-state index contributed by atoms with van der Waals surface area (Å²) in [5.41, 5.74) is 7.67. The van der Waals surface area contributed by atoms with E-state index in [1.54, 1.807) is 9.47 Å². The molecular formula is C23H28N4O4. The van der Waals surface area contributed by atoms with Gasteiger partial charge < -0.3 is 24.7 Å². The Balaban J connectivity index is 1.82. The van der Waals surface area contributed by atoms with Gasteiger partial charge in [0, 0.05) is 30.9 Å². The van der Waals surface area contributed by atoms with Crippen LogP contribution in [0.5, 0.6) is 0 Å². The molecule has 2 heterocycles. The molecule has 1 aromatic heterocycles. The minimum atomic E-state index is -0.608. The van der Waals surface area contributed by atoms with Crippen LogP contribution in [-0.2, 0) is 9.47 Å². The average molecular weight is 425 g/mol. The van der Waals surface area contributed by atoms with Gasteiger partial charge in [0.15, 0.2) is 5.69 Å². The van der Waals surface area contributed by atoms with Crippen LogP contribution >= 0.6 is 0 Å². The lowest BCUT2D eigenvalue weighted by Gasteiger charge is -2.34. The summed E-state index contributed by atoms with van der Waals surface area (Å²) in [7, 11) is 1.27. The lowest BCUT2D eigenvalue weighted by atomic mass is 9.90. The molecule has 3 rings (SSSR count). The number of methoxy groups -OCH3 is 1. The van der Waals surface area contributed by atoms with Gasteiger partial charge in [0.25, 0.3) is 0 Å². The predicted molar refractivity (Wildman–Crippen MR) is 116 cm³/mol. The molecule has 0 bridgehead atoms. The van der Waals surface area contributed by atoms with Crippen LogP contribution in [0.3, 0.4) is 0 Å². The molecule has 0 aliphatic carbocycles. The molecule has 164 valence electrons. The number of hydrogen-bond acceptors (Lipinski definition) is 6. The Labute approximate surface area is 182 Å². The zero-order valence-corrected chi connectivity index (χ0v) is 18.3. The summed E-state index contributed by atoms with van der Waals surface area (Å²) in [5.74, 6) is -0.414. The molecule has 1 amide bonds. The summed E-state index contributed by atoms with van der Waals surface area (Å²) in [6.07, 6.45) is 3.11. The van der Waals surface area contributed by atoms with Crippen LogP contribution in [0.1, 0.15) is 61.1 Å². The van der Waals surface area contributed by atoms with E-state index >= 15 is 0 Å². The smallest absolute Gasteiger partial charge is 0.410 e. The third-order valence-electron chi connectivity index (χ3n) is 5.26. The summed E-state index contributed by atoms with van der Waals surface area (Å²) in [5, 5.41) is 9.27. The Hall–Kier alpha value is -3.47. The SMILES string of the molecule is COC(=O)c1c(N)c(C#N)cn1-c1ccc(C2CCCN(C(=O)OC(C)(C)C)C2)cc1. The first kappa shape index (κ1) is 22.2. The van der Waals surface area contributed by atoms with E-state index in [4.69, 9.17) is 15.2 Å². The first-order chi connectivity index (χ1) is 14.6. The quantitative estimate of drug-likeness (QED) is 0.750. The molecule has 0 spiro atoms. The molecule has 1 unspecified atom stereocenters. The lowest BCUT2D eigenvalue weighted by molar-refractivity contribution is 0.0198. The predicted octanol–water partition coefficient (Wildman–Crippen LogP) is 3.83. The zero-order chi connectivity index (χ0) is 22.8. The highest BCUT2D eigenvalue weighted by molar-refractivity contribution is 5.95. The van der Waals surface area contributed by atoms with E-state index in [0.717, 1.165) is 18.4 Å². The first-order valence-corrected chi connectivity index (χ1v) is 10.2. The van der Waals surface area contributed by atoms with Crippen molar-refractivity contribution in [3.05, 3.63) is 47.3 Å². The molecule has 1 saturated heterocycles. The number of nitrogens with zero attached hydrogens (tertiary/aromatic N) is 3.